The third-order valence-electron chi connectivity index (χ3n) is 2.48. The number of nitrogens with zero attached hydrogens (tertiary/aromatic N) is 1. The van der Waals surface area contributed by atoms with Crippen LogP contribution < -0.4 is 10.1 Å². The van der Waals surface area contributed by atoms with Crippen LogP contribution in [0.15, 0.2) is 18.3 Å². The Morgan fingerprint density at radius 3 is 3.27 bits per heavy atom. The van der Waals surface area contributed by atoms with E-state index >= 15 is 0 Å². The lowest BCUT2D eigenvalue weighted by atomic mass is 10.2. The molecule has 0 radical (unpaired) electrons. The van der Waals surface area contributed by atoms with Gasteiger partial charge in [-0.3, -0.25) is 0 Å². The number of nitrogens with one attached hydrogen (secondary N) is 1. The van der Waals surface area contributed by atoms with Crippen molar-refractivity contribution in [3.8, 4) is 5.88 Å². The highest BCUT2D eigenvalue weighted by Gasteiger charge is 2.13. The van der Waals surface area contributed by atoms with Crippen LogP contribution in [-0.2, 0) is 0 Å². The van der Waals surface area contributed by atoms with E-state index in [1.807, 2.05) is 23.9 Å². The van der Waals surface area contributed by atoms with Crippen molar-refractivity contribution >= 4 is 17.4 Å². The van der Waals surface area contributed by atoms with Crippen LogP contribution in [0.1, 0.15) is 12.8 Å². The summed E-state index contributed by atoms with van der Waals surface area (Å²) in [4.78, 5) is 4.08. The van der Waals surface area contributed by atoms with Gasteiger partial charge in [0.1, 0.15) is 0 Å². The van der Waals surface area contributed by atoms with E-state index in [9.17, 15) is 0 Å². The summed E-state index contributed by atoms with van der Waals surface area (Å²) in [6.45, 7) is 0. The molecule has 1 unspecified atom stereocenters. The molecule has 4 heteroatoms. The first-order chi connectivity index (χ1) is 7.38. The third-order valence-corrected chi connectivity index (χ3v) is 3.69. The van der Waals surface area contributed by atoms with Crippen molar-refractivity contribution in [2.75, 3.05) is 23.9 Å². The molecule has 0 amide bonds. The summed E-state index contributed by atoms with van der Waals surface area (Å²) in [6, 6.07) is 4.52. The maximum absolute atomic E-state index is 5.09. The summed E-state index contributed by atoms with van der Waals surface area (Å²) in [5.41, 5.74) is 1.11. The fourth-order valence-electron chi connectivity index (χ4n) is 1.70. The van der Waals surface area contributed by atoms with E-state index in [4.69, 9.17) is 4.74 Å². The first-order valence-corrected chi connectivity index (χ1v) is 6.38. The lowest BCUT2D eigenvalue weighted by molar-refractivity contribution is 0.398. The van der Waals surface area contributed by atoms with Crippen molar-refractivity contribution in [3.63, 3.8) is 0 Å². The molecule has 0 spiro atoms. The second-order valence-electron chi connectivity index (χ2n) is 3.65. The molecule has 2 rings (SSSR count). The monoisotopic (exact) mass is 224 g/mol. The van der Waals surface area contributed by atoms with Gasteiger partial charge in [0.15, 0.2) is 0 Å². The fourth-order valence-corrected chi connectivity index (χ4v) is 2.77. The van der Waals surface area contributed by atoms with Gasteiger partial charge in [-0.25, -0.2) is 4.98 Å². The average molecular weight is 224 g/mol. The maximum atomic E-state index is 5.09. The molecular formula is C11H16N2OS. The first kappa shape index (κ1) is 10.6. The highest BCUT2D eigenvalue weighted by atomic mass is 32.2. The van der Waals surface area contributed by atoms with E-state index < -0.39 is 0 Å². The molecule has 82 valence electrons. The summed E-state index contributed by atoms with van der Waals surface area (Å²) in [7, 11) is 1.64. The number of anilines is 1. The minimum absolute atomic E-state index is 0.593. The van der Waals surface area contributed by atoms with E-state index in [1.165, 1.54) is 24.3 Å². The van der Waals surface area contributed by atoms with Gasteiger partial charge in [-0.2, -0.15) is 11.8 Å². The van der Waals surface area contributed by atoms with Gasteiger partial charge in [0.25, 0.3) is 0 Å². The Hall–Kier alpha value is -0.900. The molecule has 1 atom stereocenters. The molecule has 1 aromatic rings. The number of pyridine rings is 1. The number of aromatic nitrogens is 1. The van der Waals surface area contributed by atoms with Crippen LogP contribution in [0.2, 0.25) is 0 Å². The Balaban J connectivity index is 1.96. The summed E-state index contributed by atoms with van der Waals surface area (Å²) in [5, 5.41) is 3.51. The van der Waals surface area contributed by atoms with Crippen LogP contribution in [0.4, 0.5) is 5.69 Å². The maximum Gasteiger partial charge on any atom is 0.214 e. The number of hydrogen-bond acceptors (Lipinski definition) is 4. The molecule has 0 bridgehead atoms. The number of thioether (sulfide) groups is 1. The third kappa shape index (κ3) is 3.02. The van der Waals surface area contributed by atoms with E-state index in [1.54, 1.807) is 13.3 Å². The van der Waals surface area contributed by atoms with Gasteiger partial charge in [0.05, 0.1) is 7.11 Å². The van der Waals surface area contributed by atoms with Gasteiger partial charge in [-0.05, 0) is 24.7 Å². The molecular weight excluding hydrogens is 208 g/mol. The number of ether oxygens (including phenoxy) is 1. The first-order valence-electron chi connectivity index (χ1n) is 5.23. The van der Waals surface area contributed by atoms with Crippen molar-refractivity contribution in [2.24, 2.45) is 0 Å². The van der Waals surface area contributed by atoms with Gasteiger partial charge in [0, 0.05) is 29.7 Å². The Bertz CT molecular complexity index is 313. The molecule has 15 heavy (non-hydrogen) atoms. The van der Waals surface area contributed by atoms with E-state index in [0.717, 1.165) is 5.69 Å². The van der Waals surface area contributed by atoms with Crippen LogP contribution >= 0.6 is 11.8 Å². The van der Waals surface area contributed by atoms with E-state index in [0.29, 0.717) is 11.9 Å². The zero-order valence-electron chi connectivity index (χ0n) is 8.90. The molecule has 1 fully saturated rings. The molecule has 0 saturated carbocycles. The van der Waals surface area contributed by atoms with Crippen molar-refractivity contribution in [1.29, 1.82) is 0 Å². The smallest absolute Gasteiger partial charge is 0.214 e. The van der Waals surface area contributed by atoms with Crippen molar-refractivity contribution in [3.05, 3.63) is 18.3 Å². The molecule has 3 nitrogen and oxygen atoms in total. The van der Waals surface area contributed by atoms with E-state index in [-0.39, 0.29) is 0 Å². The fraction of sp³-hybridized carbons (Fsp3) is 0.545. The lowest BCUT2D eigenvalue weighted by Gasteiger charge is -2.23. The second kappa shape index (κ2) is 5.26. The van der Waals surface area contributed by atoms with E-state index in [2.05, 4.69) is 10.3 Å². The Kier molecular flexibility index (Phi) is 3.72. The summed E-state index contributed by atoms with van der Waals surface area (Å²) >= 11 is 2.02. The Morgan fingerprint density at radius 2 is 2.53 bits per heavy atom. The Morgan fingerprint density at radius 1 is 1.60 bits per heavy atom. The molecule has 0 aromatic carbocycles. The van der Waals surface area contributed by atoms with Gasteiger partial charge < -0.3 is 10.1 Å². The molecule has 1 aliphatic heterocycles. The van der Waals surface area contributed by atoms with Gasteiger partial charge in [-0.15, -0.1) is 0 Å². The van der Waals surface area contributed by atoms with Gasteiger partial charge in [0.2, 0.25) is 5.88 Å². The van der Waals surface area contributed by atoms with Crippen LogP contribution in [0.5, 0.6) is 5.88 Å². The van der Waals surface area contributed by atoms with Crippen molar-refractivity contribution in [1.82, 2.24) is 4.98 Å². The minimum Gasteiger partial charge on any atom is -0.481 e. The predicted octanol–water partition coefficient (Wildman–Crippen LogP) is 2.40. The van der Waals surface area contributed by atoms with Crippen LogP contribution in [0, 0.1) is 0 Å². The molecule has 1 N–H and O–H groups in total. The zero-order chi connectivity index (χ0) is 10.5. The highest BCUT2D eigenvalue weighted by molar-refractivity contribution is 7.99. The molecule has 2 heterocycles. The summed E-state index contributed by atoms with van der Waals surface area (Å²) in [5.74, 6) is 3.17. The second-order valence-corrected chi connectivity index (χ2v) is 4.80. The average Bonchev–Trinajstić information content (AvgIpc) is 2.31. The molecule has 1 aromatic heterocycles. The molecule has 1 aliphatic rings. The van der Waals surface area contributed by atoms with Crippen molar-refractivity contribution < 1.29 is 4.74 Å². The standard InChI is InChI=1S/C11H16N2OS/c1-14-11-7-9(4-5-12-11)13-10-3-2-6-15-8-10/h4-5,7,10H,2-3,6,8H2,1H3,(H,12,13). The number of hydrogen-bond donors (Lipinski definition) is 1. The lowest BCUT2D eigenvalue weighted by Crippen LogP contribution is -2.25. The summed E-state index contributed by atoms with van der Waals surface area (Å²) in [6.07, 6.45) is 4.35. The SMILES string of the molecule is COc1cc(NC2CCCSC2)ccn1. The molecule has 0 aliphatic carbocycles. The number of rotatable bonds is 3. The van der Waals surface area contributed by atoms with Gasteiger partial charge >= 0.3 is 0 Å². The van der Waals surface area contributed by atoms with Crippen molar-refractivity contribution in [2.45, 2.75) is 18.9 Å². The van der Waals surface area contributed by atoms with Gasteiger partial charge in [-0.1, -0.05) is 0 Å². The zero-order valence-corrected chi connectivity index (χ0v) is 9.72. The summed E-state index contributed by atoms with van der Waals surface area (Å²) < 4.78 is 5.09. The normalized spacial score (nSPS) is 21.0. The van der Waals surface area contributed by atoms with Crippen LogP contribution in [0.25, 0.3) is 0 Å². The predicted molar refractivity (Wildman–Crippen MR) is 64.8 cm³/mol. The van der Waals surface area contributed by atoms with Crippen LogP contribution in [-0.4, -0.2) is 29.6 Å². The quantitative estimate of drug-likeness (QED) is 0.855. The molecule has 1 saturated heterocycles. The Labute approximate surface area is 94.6 Å². The van der Waals surface area contributed by atoms with Crippen LogP contribution in [0.3, 0.4) is 0 Å². The highest BCUT2D eigenvalue weighted by Crippen LogP contribution is 2.22. The number of methoxy groups -OCH3 is 1. The topological polar surface area (TPSA) is 34.1 Å². The largest absolute Gasteiger partial charge is 0.481 e. The minimum atomic E-state index is 0.593.